The number of furan rings is 1. The highest BCUT2D eigenvalue weighted by molar-refractivity contribution is 6.10. The predicted molar refractivity (Wildman–Crippen MR) is 113 cm³/mol. The first-order valence-corrected chi connectivity index (χ1v) is 9.47. The number of nitrogens with one attached hydrogen (secondary N) is 1. The van der Waals surface area contributed by atoms with Crippen LogP contribution in [-0.4, -0.2) is 33.3 Å². The third-order valence-corrected chi connectivity index (χ3v) is 4.55. The summed E-state index contributed by atoms with van der Waals surface area (Å²) in [5.41, 5.74) is 8.81. The van der Waals surface area contributed by atoms with Gasteiger partial charge in [-0.3, -0.25) is 4.79 Å². The third kappa shape index (κ3) is 3.69. The van der Waals surface area contributed by atoms with Gasteiger partial charge >= 0.3 is 0 Å². The summed E-state index contributed by atoms with van der Waals surface area (Å²) in [6.45, 7) is 4.76. The summed E-state index contributed by atoms with van der Waals surface area (Å²) in [5, 5.41) is 7.31. The Morgan fingerprint density at radius 3 is 2.69 bits per heavy atom. The summed E-state index contributed by atoms with van der Waals surface area (Å²) in [5.74, 6) is 0.934. The molecule has 3 heterocycles. The smallest absolute Gasteiger partial charge is 0.257 e. The molecule has 8 nitrogen and oxygen atoms in total. The van der Waals surface area contributed by atoms with Crippen LogP contribution >= 0.6 is 0 Å². The average molecular weight is 390 g/mol. The summed E-state index contributed by atoms with van der Waals surface area (Å²) >= 11 is 0. The predicted octanol–water partition coefficient (Wildman–Crippen LogP) is 3.42. The van der Waals surface area contributed by atoms with Gasteiger partial charge < -0.3 is 15.5 Å². The van der Waals surface area contributed by atoms with Gasteiger partial charge in [0.15, 0.2) is 5.65 Å². The second-order valence-electron chi connectivity index (χ2n) is 7.15. The molecule has 4 rings (SSSR count). The van der Waals surface area contributed by atoms with Crippen LogP contribution in [0.5, 0.6) is 0 Å². The molecular weight excluding hydrogens is 368 g/mol. The Kier molecular flexibility index (Phi) is 4.99. The van der Waals surface area contributed by atoms with E-state index in [-0.39, 0.29) is 17.3 Å². The van der Waals surface area contributed by atoms with Crippen molar-refractivity contribution in [3.63, 3.8) is 0 Å². The number of aromatic nitrogens is 3. The molecule has 0 saturated heterocycles. The van der Waals surface area contributed by atoms with E-state index in [0.29, 0.717) is 40.4 Å². The number of rotatable bonds is 6. The van der Waals surface area contributed by atoms with Crippen molar-refractivity contribution in [2.24, 2.45) is 11.0 Å². The molecule has 0 spiro atoms. The van der Waals surface area contributed by atoms with E-state index in [1.165, 1.54) is 10.9 Å². The second kappa shape index (κ2) is 7.75. The molecule has 4 aromatic rings. The highest BCUT2D eigenvalue weighted by atomic mass is 16.3. The van der Waals surface area contributed by atoms with Gasteiger partial charge in [-0.1, -0.05) is 26.0 Å². The number of fused-ring (bicyclic) bond motifs is 2. The Balaban J connectivity index is 1.84. The lowest BCUT2D eigenvalue weighted by Gasteiger charge is -2.07. The van der Waals surface area contributed by atoms with Crippen molar-refractivity contribution in [2.45, 2.75) is 20.3 Å². The minimum Gasteiger partial charge on any atom is -0.463 e. The van der Waals surface area contributed by atoms with Crippen molar-refractivity contribution >= 4 is 40.1 Å². The third-order valence-electron chi connectivity index (χ3n) is 4.55. The van der Waals surface area contributed by atoms with Gasteiger partial charge in [-0.15, -0.1) is 0 Å². The average Bonchev–Trinajstić information content (AvgIpc) is 3.30. The van der Waals surface area contributed by atoms with Crippen molar-refractivity contribution in [1.82, 2.24) is 20.0 Å². The van der Waals surface area contributed by atoms with Gasteiger partial charge in [-0.2, -0.15) is 9.78 Å². The standard InChI is InChI=1S/C21H22N6O2/c1-13(2)9-10-23-21(28)17-18-20(26-16-8-4-3-7-15(16)25-18)27(19(17)22)24-12-14-6-5-11-29-14/h3-8,11-13H,9-10,22H2,1-2H3,(H,23,28)/b24-12+. The molecule has 0 fully saturated rings. The number of para-hydroxylation sites is 2. The first-order chi connectivity index (χ1) is 14.0. The Hall–Kier alpha value is -3.68. The molecule has 3 N–H and O–H groups in total. The Labute approximate surface area is 167 Å². The highest BCUT2D eigenvalue weighted by Crippen LogP contribution is 2.27. The fourth-order valence-corrected chi connectivity index (χ4v) is 3.03. The van der Waals surface area contributed by atoms with Crippen LogP contribution in [0, 0.1) is 5.92 Å². The normalized spacial score (nSPS) is 11.8. The fourth-order valence-electron chi connectivity index (χ4n) is 3.03. The summed E-state index contributed by atoms with van der Waals surface area (Å²) < 4.78 is 6.71. The van der Waals surface area contributed by atoms with E-state index in [1.807, 2.05) is 24.3 Å². The fraction of sp³-hybridized carbons (Fsp3) is 0.238. The number of benzene rings is 1. The molecule has 148 valence electrons. The lowest BCUT2D eigenvalue weighted by Crippen LogP contribution is -2.26. The number of hydrogen-bond acceptors (Lipinski definition) is 6. The zero-order chi connectivity index (χ0) is 20.4. The van der Waals surface area contributed by atoms with Crippen LogP contribution in [0.1, 0.15) is 36.4 Å². The lowest BCUT2D eigenvalue weighted by atomic mass is 10.1. The first-order valence-electron chi connectivity index (χ1n) is 9.47. The van der Waals surface area contributed by atoms with Gasteiger partial charge in [0, 0.05) is 6.54 Å². The largest absolute Gasteiger partial charge is 0.463 e. The molecule has 0 aliphatic rings. The number of nitrogen functional groups attached to an aromatic ring is 1. The highest BCUT2D eigenvalue weighted by Gasteiger charge is 2.24. The van der Waals surface area contributed by atoms with Crippen LogP contribution in [-0.2, 0) is 0 Å². The molecule has 3 aromatic heterocycles. The van der Waals surface area contributed by atoms with Crippen LogP contribution in [0.4, 0.5) is 5.82 Å². The number of nitrogens with zero attached hydrogens (tertiary/aromatic N) is 4. The number of carbonyl (C=O) groups excluding carboxylic acids is 1. The van der Waals surface area contributed by atoms with Gasteiger partial charge in [0.1, 0.15) is 22.7 Å². The van der Waals surface area contributed by atoms with E-state index >= 15 is 0 Å². The lowest BCUT2D eigenvalue weighted by molar-refractivity contribution is 0.0954. The van der Waals surface area contributed by atoms with Crippen LogP contribution < -0.4 is 11.1 Å². The summed E-state index contributed by atoms with van der Waals surface area (Å²) in [6, 6.07) is 11.0. The van der Waals surface area contributed by atoms with Crippen molar-refractivity contribution in [3.8, 4) is 0 Å². The molecule has 0 saturated carbocycles. The summed E-state index contributed by atoms with van der Waals surface area (Å²) in [6.07, 6.45) is 3.95. The molecule has 1 amide bonds. The molecule has 0 aliphatic carbocycles. The summed E-state index contributed by atoms with van der Waals surface area (Å²) in [4.78, 5) is 22.2. The van der Waals surface area contributed by atoms with E-state index in [1.54, 1.807) is 18.4 Å². The minimum absolute atomic E-state index is 0.181. The molecule has 29 heavy (non-hydrogen) atoms. The zero-order valence-corrected chi connectivity index (χ0v) is 16.3. The minimum atomic E-state index is -0.287. The molecule has 0 radical (unpaired) electrons. The van der Waals surface area contributed by atoms with Crippen molar-refractivity contribution in [2.75, 3.05) is 12.3 Å². The van der Waals surface area contributed by atoms with Crippen LogP contribution in [0.2, 0.25) is 0 Å². The summed E-state index contributed by atoms with van der Waals surface area (Å²) in [7, 11) is 0. The van der Waals surface area contributed by atoms with Gasteiger partial charge in [0.2, 0.25) is 0 Å². The maximum Gasteiger partial charge on any atom is 0.257 e. The van der Waals surface area contributed by atoms with Gasteiger partial charge in [0.25, 0.3) is 5.91 Å². The second-order valence-corrected chi connectivity index (χ2v) is 7.15. The molecule has 0 bridgehead atoms. The number of nitrogens with two attached hydrogens (primary N) is 1. The van der Waals surface area contributed by atoms with Crippen molar-refractivity contribution in [3.05, 3.63) is 54.0 Å². The number of hydrogen-bond donors (Lipinski definition) is 2. The Bertz CT molecular complexity index is 1190. The number of carbonyl (C=O) groups is 1. The zero-order valence-electron chi connectivity index (χ0n) is 16.3. The topological polar surface area (TPSA) is 111 Å². The maximum absolute atomic E-state index is 12.9. The molecule has 8 heteroatoms. The van der Waals surface area contributed by atoms with Crippen LogP contribution in [0.25, 0.3) is 22.2 Å². The molecule has 0 unspecified atom stereocenters. The van der Waals surface area contributed by atoms with E-state index in [4.69, 9.17) is 10.2 Å². The van der Waals surface area contributed by atoms with E-state index in [0.717, 1.165) is 6.42 Å². The SMILES string of the molecule is CC(C)CCNC(=O)c1c(N)n(/N=C/c2ccco2)c2nc3ccccc3nc12. The number of amides is 1. The van der Waals surface area contributed by atoms with Crippen molar-refractivity contribution in [1.29, 1.82) is 0 Å². The molecule has 0 atom stereocenters. The van der Waals surface area contributed by atoms with E-state index < -0.39 is 0 Å². The molecule has 0 aliphatic heterocycles. The van der Waals surface area contributed by atoms with Crippen LogP contribution in [0.15, 0.2) is 52.2 Å². The first kappa shape index (κ1) is 18.7. The van der Waals surface area contributed by atoms with E-state index in [9.17, 15) is 4.79 Å². The quantitative estimate of drug-likeness (QED) is 0.490. The Morgan fingerprint density at radius 1 is 1.24 bits per heavy atom. The molecular formula is C21H22N6O2. The van der Waals surface area contributed by atoms with E-state index in [2.05, 4.69) is 34.2 Å². The van der Waals surface area contributed by atoms with Crippen LogP contribution in [0.3, 0.4) is 0 Å². The number of anilines is 1. The monoisotopic (exact) mass is 390 g/mol. The maximum atomic E-state index is 12.9. The van der Waals surface area contributed by atoms with Crippen molar-refractivity contribution < 1.29 is 9.21 Å². The van der Waals surface area contributed by atoms with Gasteiger partial charge in [-0.05, 0) is 36.6 Å². The van der Waals surface area contributed by atoms with Gasteiger partial charge in [-0.25, -0.2) is 9.97 Å². The molecule has 1 aromatic carbocycles. The Morgan fingerprint density at radius 2 is 2.00 bits per heavy atom. The van der Waals surface area contributed by atoms with Gasteiger partial charge in [0.05, 0.1) is 23.5 Å².